The van der Waals surface area contributed by atoms with Gasteiger partial charge in [-0.25, -0.2) is 0 Å². The van der Waals surface area contributed by atoms with Crippen molar-refractivity contribution in [2.75, 3.05) is 6.54 Å². The maximum absolute atomic E-state index is 13.3. The van der Waals surface area contributed by atoms with Gasteiger partial charge in [-0.15, -0.1) is 0 Å². The molecule has 4 unspecified atom stereocenters. The molecule has 0 aromatic heterocycles. The number of Topliss-reactive ketones (excluding diaryl/α,β-unsaturated/α-hetero) is 3. The molecule has 37 heavy (non-hydrogen) atoms. The van der Waals surface area contributed by atoms with Crippen LogP contribution in [0.15, 0.2) is 4.99 Å². The highest BCUT2D eigenvalue weighted by Gasteiger charge is 2.32. The third kappa shape index (κ3) is 15.8. The number of nitrogens with two attached hydrogens (primary N) is 2. The molecule has 4 atom stereocenters. The van der Waals surface area contributed by atoms with Crippen LogP contribution in [0.3, 0.4) is 0 Å². The van der Waals surface area contributed by atoms with Gasteiger partial charge < -0.3 is 21.7 Å². The number of hydrogen-bond donors (Lipinski definition) is 4. The summed E-state index contributed by atoms with van der Waals surface area (Å²) in [7, 11) is 0. The molecule has 0 aliphatic heterocycles. The highest BCUT2D eigenvalue weighted by Crippen LogP contribution is 2.27. The van der Waals surface area contributed by atoms with Gasteiger partial charge in [0.15, 0.2) is 5.96 Å². The second kappa shape index (κ2) is 17.6. The summed E-state index contributed by atoms with van der Waals surface area (Å²) < 4.78 is 0. The van der Waals surface area contributed by atoms with E-state index >= 15 is 0 Å². The number of aliphatic imine (C=N–C) groups is 1. The van der Waals surface area contributed by atoms with Gasteiger partial charge >= 0.3 is 11.9 Å². The van der Waals surface area contributed by atoms with Gasteiger partial charge in [-0.3, -0.25) is 29.0 Å². The summed E-state index contributed by atoms with van der Waals surface area (Å²) in [5.74, 6) is -5.31. The molecule has 0 aliphatic carbocycles. The van der Waals surface area contributed by atoms with E-state index in [-0.39, 0.29) is 73.2 Å². The number of aliphatic carboxylic acids is 2. The van der Waals surface area contributed by atoms with Crippen LogP contribution in [0.5, 0.6) is 0 Å². The Morgan fingerprint density at radius 3 is 1.68 bits per heavy atom. The SMILES string of the molecule is CC(C)CC(CC(=O)C(CC(=O)C(CCC(=O)O)CC(=O)C(C)CCCN=C(N)N)CC(C)C)C(=O)O. The fourth-order valence-corrected chi connectivity index (χ4v) is 4.44. The lowest BCUT2D eigenvalue weighted by atomic mass is 9.79. The van der Waals surface area contributed by atoms with Gasteiger partial charge in [0.25, 0.3) is 0 Å². The van der Waals surface area contributed by atoms with Gasteiger partial charge in [-0.2, -0.15) is 0 Å². The largest absolute Gasteiger partial charge is 0.481 e. The fraction of sp³-hybridized carbons (Fsp3) is 0.778. The Hall–Kier alpha value is -2.78. The molecule has 0 spiro atoms. The van der Waals surface area contributed by atoms with Crippen LogP contribution in [0, 0.1) is 35.5 Å². The van der Waals surface area contributed by atoms with E-state index in [0.717, 1.165) is 0 Å². The summed E-state index contributed by atoms with van der Waals surface area (Å²) in [5, 5.41) is 18.7. The smallest absolute Gasteiger partial charge is 0.306 e. The third-order valence-electron chi connectivity index (χ3n) is 6.46. The van der Waals surface area contributed by atoms with Gasteiger partial charge in [0.2, 0.25) is 0 Å². The molecule has 0 heterocycles. The molecule has 0 fully saturated rings. The molecule has 0 aromatic carbocycles. The van der Waals surface area contributed by atoms with E-state index in [2.05, 4.69) is 4.99 Å². The van der Waals surface area contributed by atoms with Crippen LogP contribution in [0.1, 0.15) is 92.4 Å². The summed E-state index contributed by atoms with van der Waals surface area (Å²) in [6.07, 6.45) is 1.27. The predicted molar refractivity (Wildman–Crippen MR) is 142 cm³/mol. The highest BCUT2D eigenvalue weighted by molar-refractivity contribution is 5.93. The summed E-state index contributed by atoms with van der Waals surface area (Å²) in [5.41, 5.74) is 10.6. The Bertz CT molecular complexity index is 804. The molecule has 0 aromatic rings. The van der Waals surface area contributed by atoms with E-state index in [9.17, 15) is 29.1 Å². The van der Waals surface area contributed by atoms with Crippen LogP contribution in [0.4, 0.5) is 0 Å². The number of carboxylic acids is 2. The molecule has 0 radical (unpaired) electrons. The molecule has 0 amide bonds. The highest BCUT2D eigenvalue weighted by atomic mass is 16.4. The van der Waals surface area contributed by atoms with Crippen LogP contribution < -0.4 is 11.5 Å². The summed E-state index contributed by atoms with van der Waals surface area (Å²) in [6.45, 7) is 9.76. The van der Waals surface area contributed by atoms with Crippen LogP contribution in [0.2, 0.25) is 0 Å². The lowest BCUT2D eigenvalue weighted by molar-refractivity contribution is -0.145. The van der Waals surface area contributed by atoms with Crippen LogP contribution in [-0.4, -0.2) is 52.0 Å². The average molecular weight is 526 g/mol. The van der Waals surface area contributed by atoms with Crippen molar-refractivity contribution in [2.24, 2.45) is 52.0 Å². The Kier molecular flexibility index (Phi) is 16.3. The van der Waals surface area contributed by atoms with E-state index in [1.54, 1.807) is 6.92 Å². The molecule has 10 nitrogen and oxygen atoms in total. The molecular weight excluding hydrogens is 478 g/mol. The topological polar surface area (TPSA) is 190 Å². The average Bonchev–Trinajstić information content (AvgIpc) is 2.76. The van der Waals surface area contributed by atoms with Crippen LogP contribution in [0.25, 0.3) is 0 Å². The van der Waals surface area contributed by atoms with Gasteiger partial charge in [0, 0.05) is 50.0 Å². The molecule has 10 heteroatoms. The Labute approximate surface area is 220 Å². The third-order valence-corrected chi connectivity index (χ3v) is 6.46. The summed E-state index contributed by atoms with van der Waals surface area (Å²) >= 11 is 0. The zero-order chi connectivity index (χ0) is 28.7. The van der Waals surface area contributed by atoms with Crippen molar-refractivity contribution < 1.29 is 34.2 Å². The first-order valence-electron chi connectivity index (χ1n) is 13.2. The Balaban J connectivity index is 5.49. The monoisotopic (exact) mass is 525 g/mol. The number of ketones is 3. The second-order valence-electron chi connectivity index (χ2n) is 11.0. The number of guanidine groups is 1. The molecule has 0 saturated carbocycles. The van der Waals surface area contributed by atoms with Crippen molar-refractivity contribution in [3.8, 4) is 0 Å². The molecule has 6 N–H and O–H groups in total. The number of carboxylic acid groups (broad SMARTS) is 2. The minimum absolute atomic E-state index is 0.00825. The lowest BCUT2D eigenvalue weighted by Crippen LogP contribution is -2.29. The zero-order valence-electron chi connectivity index (χ0n) is 23.1. The second-order valence-corrected chi connectivity index (χ2v) is 11.0. The first-order chi connectivity index (χ1) is 17.1. The van der Waals surface area contributed by atoms with Gasteiger partial charge in [-0.1, -0.05) is 34.6 Å². The maximum atomic E-state index is 13.3. The van der Waals surface area contributed by atoms with Crippen molar-refractivity contribution in [2.45, 2.75) is 92.4 Å². The van der Waals surface area contributed by atoms with E-state index < -0.39 is 29.7 Å². The molecular formula is C27H47N3O7. The van der Waals surface area contributed by atoms with Crippen molar-refractivity contribution in [1.29, 1.82) is 0 Å². The number of hydrogen-bond acceptors (Lipinski definition) is 6. The van der Waals surface area contributed by atoms with E-state index in [0.29, 0.717) is 32.2 Å². The van der Waals surface area contributed by atoms with Crippen molar-refractivity contribution in [3.63, 3.8) is 0 Å². The van der Waals surface area contributed by atoms with Crippen molar-refractivity contribution in [1.82, 2.24) is 0 Å². The van der Waals surface area contributed by atoms with Crippen molar-refractivity contribution in [3.05, 3.63) is 0 Å². The molecule has 0 saturated heterocycles. The van der Waals surface area contributed by atoms with Gasteiger partial charge in [0.1, 0.15) is 17.3 Å². The lowest BCUT2D eigenvalue weighted by Gasteiger charge is -2.23. The van der Waals surface area contributed by atoms with Gasteiger partial charge in [-0.05, 0) is 43.9 Å². The van der Waals surface area contributed by atoms with E-state index in [4.69, 9.17) is 16.6 Å². The molecule has 212 valence electrons. The maximum Gasteiger partial charge on any atom is 0.306 e. The zero-order valence-corrected chi connectivity index (χ0v) is 23.1. The summed E-state index contributed by atoms with van der Waals surface area (Å²) in [6, 6.07) is 0. The van der Waals surface area contributed by atoms with Gasteiger partial charge in [0.05, 0.1) is 5.92 Å². The first kappa shape index (κ1) is 34.2. The standard InChI is InChI=1S/C27H47N3O7/c1-16(2)11-20(24(33)15-21(26(36)37)12-17(3)4)14-23(32)19(8-9-25(34)35)13-22(31)18(5)7-6-10-30-27(28)29/h16-21H,6-15H2,1-5H3,(H,34,35)(H,36,37)(H4,28,29,30). The number of carbonyl (C=O) groups excluding carboxylic acids is 3. The molecule has 0 rings (SSSR count). The number of nitrogens with zero attached hydrogens (tertiary/aromatic N) is 1. The first-order valence-corrected chi connectivity index (χ1v) is 13.2. The number of rotatable bonds is 21. The Morgan fingerprint density at radius 2 is 1.19 bits per heavy atom. The fourth-order valence-electron chi connectivity index (χ4n) is 4.44. The number of carbonyl (C=O) groups is 5. The Morgan fingerprint density at radius 1 is 0.703 bits per heavy atom. The van der Waals surface area contributed by atoms with E-state index in [1.807, 2.05) is 27.7 Å². The van der Waals surface area contributed by atoms with Crippen molar-refractivity contribution >= 4 is 35.2 Å². The van der Waals surface area contributed by atoms with Crippen LogP contribution in [-0.2, 0) is 24.0 Å². The predicted octanol–water partition coefficient (Wildman–Crippen LogP) is 3.44. The van der Waals surface area contributed by atoms with Crippen LogP contribution >= 0.6 is 0 Å². The summed E-state index contributed by atoms with van der Waals surface area (Å²) in [4.78, 5) is 66.0. The molecule has 0 aliphatic rings. The normalized spacial score (nSPS) is 14.6. The minimum Gasteiger partial charge on any atom is -0.481 e. The van der Waals surface area contributed by atoms with E-state index in [1.165, 1.54) is 0 Å². The quantitative estimate of drug-likeness (QED) is 0.0987. The molecule has 0 bridgehead atoms. The minimum atomic E-state index is -1.07.